The van der Waals surface area contributed by atoms with E-state index >= 15 is 0 Å². The van der Waals surface area contributed by atoms with Crippen molar-refractivity contribution < 1.29 is 28.5 Å². The van der Waals surface area contributed by atoms with Gasteiger partial charge in [-0.15, -0.1) is 0 Å². The Morgan fingerprint density at radius 3 is 2.58 bits per heavy atom. The number of Topliss-reactive ketones (excluding diaryl/α,β-unsaturated/α-hetero) is 1. The van der Waals surface area contributed by atoms with Gasteiger partial charge in [-0.05, 0) is 56.2 Å². The Kier molecular flexibility index (Phi) is 3.68. The highest BCUT2D eigenvalue weighted by Gasteiger charge is 2.31. The van der Waals surface area contributed by atoms with Crippen molar-refractivity contribution in [3.63, 3.8) is 0 Å². The quantitative estimate of drug-likeness (QED) is 0.465. The van der Waals surface area contributed by atoms with Crippen LogP contribution in [0, 0.1) is 6.92 Å². The highest BCUT2D eigenvalue weighted by molar-refractivity contribution is 6.13. The number of carbonyl (C=O) groups is 2. The molecule has 6 nitrogen and oxygen atoms in total. The number of ketones is 1. The number of ether oxygens (including phenoxy) is 4. The highest BCUT2D eigenvalue weighted by Crippen LogP contribution is 2.38. The van der Waals surface area contributed by atoms with Gasteiger partial charge >= 0.3 is 5.97 Å². The zero-order valence-corrected chi connectivity index (χ0v) is 14.5. The summed E-state index contributed by atoms with van der Waals surface area (Å²) in [5.41, 5.74) is 2.33. The van der Waals surface area contributed by atoms with Gasteiger partial charge in [-0.3, -0.25) is 4.79 Å². The number of hydrogen-bond donors (Lipinski definition) is 0. The SMILES string of the molecule is CC(C)=C1Oc2cc(OC(=O)c3ccc4c(c3)OCO4)cc(C)c2C1=O. The average molecular weight is 352 g/mol. The number of allylic oxidation sites excluding steroid dienone is 2. The number of hydrogen-bond acceptors (Lipinski definition) is 6. The Balaban J connectivity index is 1.61. The fourth-order valence-electron chi connectivity index (χ4n) is 2.94. The predicted octanol–water partition coefficient (Wildman–Crippen LogP) is 3.81. The lowest BCUT2D eigenvalue weighted by molar-refractivity contribution is 0.0734. The molecule has 0 unspecified atom stereocenters. The van der Waals surface area contributed by atoms with Crippen molar-refractivity contribution >= 4 is 11.8 Å². The van der Waals surface area contributed by atoms with Gasteiger partial charge in [0.1, 0.15) is 11.5 Å². The van der Waals surface area contributed by atoms with Gasteiger partial charge in [-0.1, -0.05) is 0 Å². The third-order valence-corrected chi connectivity index (χ3v) is 4.19. The van der Waals surface area contributed by atoms with E-state index < -0.39 is 5.97 Å². The maximum absolute atomic E-state index is 12.4. The highest BCUT2D eigenvalue weighted by atomic mass is 16.7. The third-order valence-electron chi connectivity index (χ3n) is 4.19. The standard InChI is InChI=1S/C20H16O6/c1-10(2)19-18(21)17-11(3)6-13(8-16(17)26-19)25-20(22)12-4-5-14-15(7-12)24-9-23-14/h4-8H,9H2,1-3H3. The summed E-state index contributed by atoms with van der Waals surface area (Å²) in [6.07, 6.45) is 0. The molecule has 2 aromatic carbocycles. The van der Waals surface area contributed by atoms with Crippen LogP contribution in [0.3, 0.4) is 0 Å². The van der Waals surface area contributed by atoms with Gasteiger partial charge in [0, 0.05) is 6.07 Å². The summed E-state index contributed by atoms with van der Waals surface area (Å²) in [4.78, 5) is 24.8. The molecule has 0 aromatic heterocycles. The third kappa shape index (κ3) is 2.60. The summed E-state index contributed by atoms with van der Waals surface area (Å²) in [5, 5.41) is 0. The van der Waals surface area contributed by atoms with Crippen LogP contribution in [0.5, 0.6) is 23.0 Å². The van der Waals surface area contributed by atoms with Crippen molar-refractivity contribution in [1.29, 1.82) is 0 Å². The summed E-state index contributed by atoms with van der Waals surface area (Å²) < 4.78 is 21.6. The van der Waals surface area contributed by atoms with E-state index in [0.29, 0.717) is 45.4 Å². The lowest BCUT2D eigenvalue weighted by atomic mass is 10.0. The van der Waals surface area contributed by atoms with Crippen molar-refractivity contribution in [2.75, 3.05) is 6.79 Å². The van der Waals surface area contributed by atoms with Crippen LogP contribution in [0.15, 0.2) is 41.7 Å². The molecule has 0 saturated carbocycles. The molecule has 2 heterocycles. The molecule has 6 heteroatoms. The Labute approximate surface area is 149 Å². The molecule has 2 aliphatic rings. The van der Waals surface area contributed by atoms with E-state index in [1.807, 2.05) is 13.8 Å². The van der Waals surface area contributed by atoms with Gasteiger partial charge in [0.25, 0.3) is 0 Å². The average Bonchev–Trinajstić information content (AvgIpc) is 3.18. The lowest BCUT2D eigenvalue weighted by Gasteiger charge is -2.08. The maximum atomic E-state index is 12.4. The second-order valence-corrected chi connectivity index (χ2v) is 6.33. The first-order valence-electron chi connectivity index (χ1n) is 8.10. The van der Waals surface area contributed by atoms with Crippen LogP contribution >= 0.6 is 0 Å². The zero-order chi connectivity index (χ0) is 18.4. The molecule has 4 rings (SSSR count). The fourth-order valence-corrected chi connectivity index (χ4v) is 2.94. The molecule has 2 aliphatic heterocycles. The summed E-state index contributed by atoms with van der Waals surface area (Å²) in [7, 11) is 0. The van der Waals surface area contributed by atoms with E-state index in [9.17, 15) is 9.59 Å². The molecule has 0 bridgehead atoms. The van der Waals surface area contributed by atoms with Crippen molar-refractivity contribution in [2.45, 2.75) is 20.8 Å². The van der Waals surface area contributed by atoms with Gasteiger partial charge in [0.2, 0.25) is 12.6 Å². The van der Waals surface area contributed by atoms with Crippen molar-refractivity contribution in [3.05, 3.63) is 58.4 Å². The topological polar surface area (TPSA) is 71.1 Å². The van der Waals surface area contributed by atoms with Crippen LogP contribution < -0.4 is 18.9 Å². The molecule has 0 atom stereocenters. The van der Waals surface area contributed by atoms with E-state index in [2.05, 4.69) is 0 Å². The van der Waals surface area contributed by atoms with Crippen LogP contribution in [0.2, 0.25) is 0 Å². The largest absolute Gasteiger partial charge is 0.454 e. The number of carbonyl (C=O) groups excluding carboxylic acids is 2. The monoisotopic (exact) mass is 352 g/mol. The zero-order valence-electron chi connectivity index (χ0n) is 14.5. The van der Waals surface area contributed by atoms with Crippen LogP contribution in [0.1, 0.15) is 40.1 Å². The van der Waals surface area contributed by atoms with E-state index in [1.54, 1.807) is 37.3 Å². The summed E-state index contributed by atoms with van der Waals surface area (Å²) in [6.45, 7) is 5.55. The predicted molar refractivity (Wildman–Crippen MR) is 92.0 cm³/mol. The molecule has 0 amide bonds. The van der Waals surface area contributed by atoms with Crippen molar-refractivity contribution in [1.82, 2.24) is 0 Å². The second kappa shape index (κ2) is 5.91. The minimum atomic E-state index is -0.533. The molecule has 0 aliphatic carbocycles. The molecule has 0 N–H and O–H groups in total. The summed E-state index contributed by atoms with van der Waals surface area (Å²) >= 11 is 0. The van der Waals surface area contributed by atoms with Crippen LogP contribution in [-0.2, 0) is 0 Å². The van der Waals surface area contributed by atoms with Gasteiger partial charge in [-0.2, -0.15) is 0 Å². The van der Waals surface area contributed by atoms with Crippen LogP contribution in [0.25, 0.3) is 0 Å². The first kappa shape index (κ1) is 16.2. The molecule has 0 spiro atoms. The van der Waals surface area contributed by atoms with Gasteiger partial charge < -0.3 is 18.9 Å². The van der Waals surface area contributed by atoms with Crippen LogP contribution in [-0.4, -0.2) is 18.5 Å². The maximum Gasteiger partial charge on any atom is 0.343 e. The van der Waals surface area contributed by atoms with E-state index in [-0.39, 0.29) is 12.6 Å². The van der Waals surface area contributed by atoms with Crippen LogP contribution in [0.4, 0.5) is 0 Å². The minimum absolute atomic E-state index is 0.135. The number of rotatable bonds is 2. The summed E-state index contributed by atoms with van der Waals surface area (Å²) in [5.74, 6) is 1.46. The molecule has 132 valence electrons. The number of fused-ring (bicyclic) bond motifs is 2. The molecule has 2 aromatic rings. The minimum Gasteiger partial charge on any atom is -0.454 e. The molecule has 0 fully saturated rings. The van der Waals surface area contributed by atoms with E-state index in [4.69, 9.17) is 18.9 Å². The molecular weight excluding hydrogens is 336 g/mol. The molecule has 26 heavy (non-hydrogen) atoms. The molecule has 0 radical (unpaired) electrons. The van der Waals surface area contributed by atoms with E-state index in [1.165, 1.54) is 0 Å². The fraction of sp³-hybridized carbons (Fsp3) is 0.200. The van der Waals surface area contributed by atoms with Crippen molar-refractivity contribution in [2.24, 2.45) is 0 Å². The Bertz CT molecular complexity index is 982. The lowest BCUT2D eigenvalue weighted by Crippen LogP contribution is -2.08. The number of benzene rings is 2. The van der Waals surface area contributed by atoms with Gasteiger partial charge in [0.05, 0.1) is 11.1 Å². The normalized spacial score (nSPS) is 14.1. The first-order chi connectivity index (χ1) is 12.4. The van der Waals surface area contributed by atoms with Gasteiger partial charge in [-0.25, -0.2) is 4.79 Å². The van der Waals surface area contributed by atoms with E-state index in [0.717, 1.165) is 5.57 Å². The summed E-state index contributed by atoms with van der Waals surface area (Å²) in [6, 6.07) is 8.05. The smallest absolute Gasteiger partial charge is 0.343 e. The second-order valence-electron chi connectivity index (χ2n) is 6.33. The number of esters is 1. The Morgan fingerprint density at radius 2 is 1.81 bits per heavy atom. The van der Waals surface area contributed by atoms with Crippen molar-refractivity contribution in [3.8, 4) is 23.0 Å². The number of aryl methyl sites for hydroxylation is 1. The first-order valence-corrected chi connectivity index (χ1v) is 8.10. The Hall–Kier alpha value is -3.28. The molecular formula is C20H16O6. The Morgan fingerprint density at radius 1 is 1.04 bits per heavy atom. The van der Waals surface area contributed by atoms with Gasteiger partial charge in [0.15, 0.2) is 17.3 Å². The molecule has 0 saturated heterocycles.